The third-order valence-electron chi connectivity index (χ3n) is 3.50. The zero-order chi connectivity index (χ0) is 13.3. The minimum atomic E-state index is -4.07. The van der Waals surface area contributed by atoms with Gasteiger partial charge in [0.15, 0.2) is 6.29 Å². The molecule has 1 aliphatic carbocycles. The molecule has 2 nitrogen and oxygen atoms in total. The van der Waals surface area contributed by atoms with E-state index in [0.29, 0.717) is 23.4 Å². The van der Waals surface area contributed by atoms with Crippen molar-refractivity contribution in [1.82, 2.24) is 4.98 Å². The van der Waals surface area contributed by atoms with Crippen LogP contribution in [-0.2, 0) is 0 Å². The Bertz CT molecular complexity index is 433. The largest absolute Gasteiger partial charge is 0.391 e. The maximum atomic E-state index is 12.5. The summed E-state index contributed by atoms with van der Waals surface area (Å²) in [5.74, 6) is -1.08. The van der Waals surface area contributed by atoms with Crippen molar-refractivity contribution in [2.75, 3.05) is 0 Å². The SMILES string of the molecule is Cc1nc([C@H]2CC[C@H](C(F)(F)F)CC2)sc1C=O. The van der Waals surface area contributed by atoms with Crippen molar-refractivity contribution >= 4 is 17.6 Å². The zero-order valence-corrected chi connectivity index (χ0v) is 10.8. The van der Waals surface area contributed by atoms with E-state index in [9.17, 15) is 18.0 Å². The van der Waals surface area contributed by atoms with Gasteiger partial charge in [0.1, 0.15) is 0 Å². The van der Waals surface area contributed by atoms with Gasteiger partial charge in [-0.1, -0.05) is 0 Å². The Hall–Kier alpha value is -0.910. The molecule has 1 saturated carbocycles. The molecule has 18 heavy (non-hydrogen) atoms. The first-order valence-electron chi connectivity index (χ1n) is 5.91. The number of alkyl halides is 3. The van der Waals surface area contributed by atoms with Gasteiger partial charge in [0.2, 0.25) is 0 Å². The zero-order valence-electron chi connectivity index (χ0n) is 9.96. The Labute approximate surface area is 107 Å². The van der Waals surface area contributed by atoms with Gasteiger partial charge < -0.3 is 0 Å². The molecule has 0 spiro atoms. The molecule has 0 aromatic carbocycles. The summed E-state index contributed by atoms with van der Waals surface area (Å²) in [6.45, 7) is 1.76. The minimum Gasteiger partial charge on any atom is -0.297 e. The number of hydrogen-bond donors (Lipinski definition) is 0. The maximum absolute atomic E-state index is 12.5. The van der Waals surface area contributed by atoms with Gasteiger partial charge in [0, 0.05) is 5.92 Å². The molecule has 0 radical (unpaired) electrons. The number of nitrogens with zero attached hydrogens (tertiary/aromatic N) is 1. The predicted molar refractivity (Wildman–Crippen MR) is 63.0 cm³/mol. The first-order chi connectivity index (χ1) is 8.41. The number of carbonyl (C=O) groups is 1. The van der Waals surface area contributed by atoms with Crippen LogP contribution in [-0.4, -0.2) is 17.4 Å². The second-order valence-electron chi connectivity index (χ2n) is 4.71. The van der Waals surface area contributed by atoms with Crippen LogP contribution in [0.15, 0.2) is 0 Å². The summed E-state index contributed by atoms with van der Waals surface area (Å²) in [4.78, 5) is 15.6. The van der Waals surface area contributed by atoms with Crippen molar-refractivity contribution in [3.63, 3.8) is 0 Å². The third kappa shape index (κ3) is 2.74. The molecular formula is C12H14F3NOS. The fourth-order valence-electron chi connectivity index (χ4n) is 2.38. The summed E-state index contributed by atoms with van der Waals surface area (Å²) in [5.41, 5.74) is 0.683. The second kappa shape index (κ2) is 4.99. The molecule has 0 aliphatic heterocycles. The Morgan fingerprint density at radius 2 is 1.89 bits per heavy atom. The van der Waals surface area contributed by atoms with Gasteiger partial charge in [-0.15, -0.1) is 11.3 Å². The Morgan fingerprint density at radius 1 is 1.28 bits per heavy atom. The fraction of sp³-hybridized carbons (Fsp3) is 0.667. The number of rotatable bonds is 2. The molecule has 0 bridgehead atoms. The molecule has 1 heterocycles. The van der Waals surface area contributed by atoms with Crippen LogP contribution in [0.5, 0.6) is 0 Å². The third-order valence-corrected chi connectivity index (χ3v) is 4.74. The first-order valence-corrected chi connectivity index (χ1v) is 6.72. The van der Waals surface area contributed by atoms with E-state index in [1.165, 1.54) is 11.3 Å². The molecule has 0 atom stereocenters. The number of hydrogen-bond acceptors (Lipinski definition) is 3. The maximum Gasteiger partial charge on any atom is 0.391 e. The number of aryl methyl sites for hydroxylation is 1. The van der Waals surface area contributed by atoms with E-state index in [1.807, 2.05) is 0 Å². The van der Waals surface area contributed by atoms with Crippen molar-refractivity contribution in [3.8, 4) is 0 Å². The average Bonchev–Trinajstić information content (AvgIpc) is 2.69. The van der Waals surface area contributed by atoms with Gasteiger partial charge in [-0.25, -0.2) is 4.98 Å². The molecule has 0 amide bonds. The monoisotopic (exact) mass is 277 g/mol. The van der Waals surface area contributed by atoms with Gasteiger partial charge in [-0.2, -0.15) is 13.2 Å². The molecule has 1 aromatic rings. The lowest BCUT2D eigenvalue weighted by Crippen LogP contribution is -2.27. The van der Waals surface area contributed by atoms with Gasteiger partial charge in [-0.05, 0) is 32.6 Å². The van der Waals surface area contributed by atoms with E-state index >= 15 is 0 Å². The highest BCUT2D eigenvalue weighted by atomic mass is 32.1. The molecule has 1 fully saturated rings. The summed E-state index contributed by atoms with van der Waals surface area (Å²) in [6.07, 6.45) is -1.95. The average molecular weight is 277 g/mol. The lowest BCUT2D eigenvalue weighted by molar-refractivity contribution is -0.182. The molecule has 1 aliphatic rings. The van der Waals surface area contributed by atoms with E-state index in [2.05, 4.69) is 4.98 Å². The normalized spacial score (nSPS) is 25.1. The van der Waals surface area contributed by atoms with Crippen molar-refractivity contribution in [1.29, 1.82) is 0 Å². The summed E-state index contributed by atoms with van der Waals surface area (Å²) in [5, 5.41) is 0.815. The number of aldehydes is 1. The molecule has 0 N–H and O–H groups in total. The van der Waals surface area contributed by atoms with Crippen LogP contribution < -0.4 is 0 Å². The van der Waals surface area contributed by atoms with Crippen molar-refractivity contribution in [2.45, 2.75) is 44.7 Å². The highest BCUT2D eigenvalue weighted by molar-refractivity contribution is 7.13. The fourth-order valence-corrected chi connectivity index (χ4v) is 3.43. The van der Waals surface area contributed by atoms with Crippen molar-refractivity contribution in [2.24, 2.45) is 5.92 Å². The number of halogens is 3. The van der Waals surface area contributed by atoms with E-state index < -0.39 is 12.1 Å². The van der Waals surface area contributed by atoms with Crippen molar-refractivity contribution < 1.29 is 18.0 Å². The van der Waals surface area contributed by atoms with Crippen LogP contribution in [0, 0.1) is 12.8 Å². The van der Waals surface area contributed by atoms with Crippen LogP contribution in [0.3, 0.4) is 0 Å². The quantitative estimate of drug-likeness (QED) is 0.762. The van der Waals surface area contributed by atoms with E-state index in [4.69, 9.17) is 0 Å². The highest BCUT2D eigenvalue weighted by Gasteiger charge is 2.41. The first kappa shape index (κ1) is 13.5. The standard InChI is InChI=1S/C12H14F3NOS/c1-7-10(6-17)18-11(16-7)8-2-4-9(5-3-8)12(13,14)15/h6,8-9H,2-5H2,1H3/t8-,9-. The van der Waals surface area contributed by atoms with Crippen LogP contribution in [0.2, 0.25) is 0 Å². The molecular weight excluding hydrogens is 263 g/mol. The topological polar surface area (TPSA) is 30.0 Å². The number of aromatic nitrogens is 1. The van der Waals surface area contributed by atoms with Gasteiger partial charge >= 0.3 is 6.18 Å². The van der Waals surface area contributed by atoms with E-state index in [0.717, 1.165) is 11.3 Å². The van der Waals surface area contributed by atoms with Crippen LogP contribution in [0.4, 0.5) is 13.2 Å². The molecule has 1 aromatic heterocycles. The van der Waals surface area contributed by atoms with E-state index in [1.54, 1.807) is 6.92 Å². The van der Waals surface area contributed by atoms with Gasteiger partial charge in [0.05, 0.1) is 21.5 Å². The lowest BCUT2D eigenvalue weighted by atomic mass is 9.82. The smallest absolute Gasteiger partial charge is 0.297 e. The minimum absolute atomic E-state index is 0.0843. The van der Waals surface area contributed by atoms with Gasteiger partial charge in [-0.3, -0.25) is 4.79 Å². The summed E-state index contributed by atoms with van der Waals surface area (Å²) in [6, 6.07) is 0. The molecule has 100 valence electrons. The van der Waals surface area contributed by atoms with Gasteiger partial charge in [0.25, 0.3) is 0 Å². The second-order valence-corrected chi connectivity index (χ2v) is 5.77. The lowest BCUT2D eigenvalue weighted by Gasteiger charge is -2.28. The van der Waals surface area contributed by atoms with Crippen molar-refractivity contribution in [3.05, 3.63) is 15.6 Å². The Kier molecular flexibility index (Phi) is 3.75. The summed E-state index contributed by atoms with van der Waals surface area (Å²) < 4.78 is 37.6. The Balaban J connectivity index is 2.03. The van der Waals surface area contributed by atoms with Crippen LogP contribution >= 0.6 is 11.3 Å². The molecule has 6 heteroatoms. The van der Waals surface area contributed by atoms with E-state index in [-0.39, 0.29) is 18.8 Å². The summed E-state index contributed by atoms with van der Waals surface area (Å²) in [7, 11) is 0. The summed E-state index contributed by atoms with van der Waals surface area (Å²) >= 11 is 1.31. The van der Waals surface area contributed by atoms with Crippen LogP contribution in [0.25, 0.3) is 0 Å². The highest BCUT2D eigenvalue weighted by Crippen LogP contribution is 2.43. The molecule has 0 unspecified atom stereocenters. The number of carbonyl (C=O) groups excluding carboxylic acids is 1. The van der Waals surface area contributed by atoms with Crippen LogP contribution in [0.1, 0.15) is 52.0 Å². The molecule has 2 rings (SSSR count). The predicted octanol–water partition coefficient (Wildman–Crippen LogP) is 4.10. The number of thiazole rings is 1. The Morgan fingerprint density at radius 3 is 2.33 bits per heavy atom. The molecule has 0 saturated heterocycles.